The number of fused-ring (bicyclic) bond motifs is 2. The Labute approximate surface area is 157 Å². The fourth-order valence-corrected chi connectivity index (χ4v) is 4.57. The van der Waals surface area contributed by atoms with Gasteiger partial charge in [0.2, 0.25) is 0 Å². The SMILES string of the molecule is COC[C@@H]1O[C@@H](n2cc(I)c3c(Cl)ncnc32)[C@@H]2OC(C)(C)O[C@@H]21. The highest BCUT2D eigenvalue weighted by molar-refractivity contribution is 14.1. The molecule has 2 aliphatic rings. The van der Waals surface area contributed by atoms with Crippen molar-refractivity contribution >= 4 is 45.2 Å². The minimum atomic E-state index is -0.661. The summed E-state index contributed by atoms with van der Waals surface area (Å²) in [5.74, 6) is -0.661. The van der Waals surface area contributed by atoms with Crippen LogP contribution in [-0.4, -0.2) is 52.4 Å². The van der Waals surface area contributed by atoms with Gasteiger partial charge in [0.25, 0.3) is 0 Å². The summed E-state index contributed by atoms with van der Waals surface area (Å²) in [5, 5.41) is 1.24. The molecule has 0 radical (unpaired) electrons. The lowest BCUT2D eigenvalue weighted by molar-refractivity contribution is -0.200. The van der Waals surface area contributed by atoms with Crippen molar-refractivity contribution in [3.8, 4) is 0 Å². The molecule has 0 bridgehead atoms. The highest BCUT2D eigenvalue weighted by atomic mass is 127. The van der Waals surface area contributed by atoms with Crippen molar-refractivity contribution in [2.24, 2.45) is 0 Å². The summed E-state index contributed by atoms with van der Waals surface area (Å²) in [4.78, 5) is 8.45. The van der Waals surface area contributed by atoms with Crippen molar-refractivity contribution in [2.75, 3.05) is 13.7 Å². The topological polar surface area (TPSA) is 67.6 Å². The van der Waals surface area contributed by atoms with Crippen LogP contribution < -0.4 is 0 Å². The fraction of sp³-hybridized carbons (Fsp3) is 0.600. The van der Waals surface area contributed by atoms with Gasteiger partial charge in [-0.1, -0.05) is 11.6 Å². The van der Waals surface area contributed by atoms with Crippen LogP contribution in [0.5, 0.6) is 0 Å². The quantitative estimate of drug-likeness (QED) is 0.513. The highest BCUT2D eigenvalue weighted by Gasteiger charge is 2.56. The van der Waals surface area contributed by atoms with Crippen LogP contribution in [0.2, 0.25) is 5.15 Å². The van der Waals surface area contributed by atoms with Crippen LogP contribution in [0.3, 0.4) is 0 Å². The van der Waals surface area contributed by atoms with Crippen LogP contribution in [0.1, 0.15) is 20.1 Å². The summed E-state index contributed by atoms with van der Waals surface area (Å²) < 4.78 is 26.5. The van der Waals surface area contributed by atoms with Crippen molar-refractivity contribution in [3.05, 3.63) is 21.2 Å². The van der Waals surface area contributed by atoms with Crippen LogP contribution in [0.25, 0.3) is 11.0 Å². The number of aromatic nitrogens is 3. The number of rotatable bonds is 3. The van der Waals surface area contributed by atoms with Gasteiger partial charge in [-0.3, -0.25) is 0 Å². The van der Waals surface area contributed by atoms with Gasteiger partial charge in [0.1, 0.15) is 35.4 Å². The molecule has 130 valence electrons. The number of ether oxygens (including phenoxy) is 4. The summed E-state index contributed by atoms with van der Waals surface area (Å²) in [6.45, 7) is 4.24. The highest BCUT2D eigenvalue weighted by Crippen LogP contribution is 2.44. The van der Waals surface area contributed by atoms with Gasteiger partial charge < -0.3 is 23.5 Å². The first kappa shape index (κ1) is 16.9. The van der Waals surface area contributed by atoms with E-state index in [4.69, 9.17) is 30.5 Å². The molecular weight excluding hydrogens is 449 g/mol. The Morgan fingerprint density at radius 2 is 2.08 bits per heavy atom. The molecule has 2 aliphatic heterocycles. The minimum absolute atomic E-state index is 0.197. The van der Waals surface area contributed by atoms with E-state index in [1.54, 1.807) is 7.11 Å². The Kier molecular flexibility index (Phi) is 4.25. The smallest absolute Gasteiger partial charge is 0.164 e. The van der Waals surface area contributed by atoms with E-state index in [9.17, 15) is 0 Å². The molecule has 4 rings (SSSR count). The number of hydrogen-bond acceptors (Lipinski definition) is 6. The first-order valence-electron chi connectivity index (χ1n) is 7.58. The van der Waals surface area contributed by atoms with Crippen molar-refractivity contribution in [1.82, 2.24) is 14.5 Å². The molecule has 24 heavy (non-hydrogen) atoms. The molecule has 0 saturated carbocycles. The fourth-order valence-electron chi connectivity index (χ4n) is 3.38. The van der Waals surface area contributed by atoms with Gasteiger partial charge in [-0.25, -0.2) is 9.97 Å². The van der Waals surface area contributed by atoms with Gasteiger partial charge in [-0.15, -0.1) is 0 Å². The van der Waals surface area contributed by atoms with Gasteiger partial charge in [-0.05, 0) is 36.4 Å². The molecule has 0 spiro atoms. The third-order valence-electron chi connectivity index (χ3n) is 4.25. The molecule has 4 atom stereocenters. The first-order valence-corrected chi connectivity index (χ1v) is 9.03. The Bertz CT molecular complexity index is 783. The predicted molar refractivity (Wildman–Crippen MR) is 94.9 cm³/mol. The Balaban J connectivity index is 1.78. The summed E-state index contributed by atoms with van der Waals surface area (Å²) >= 11 is 8.45. The van der Waals surface area contributed by atoms with E-state index in [2.05, 4.69) is 32.6 Å². The van der Waals surface area contributed by atoms with Crippen LogP contribution in [0.4, 0.5) is 0 Å². The molecular formula is C15H17ClIN3O4. The maximum absolute atomic E-state index is 6.23. The van der Waals surface area contributed by atoms with Gasteiger partial charge in [0.05, 0.1) is 12.0 Å². The molecule has 9 heteroatoms. The van der Waals surface area contributed by atoms with E-state index >= 15 is 0 Å². The number of methoxy groups -OCH3 is 1. The Morgan fingerprint density at radius 1 is 1.33 bits per heavy atom. The maximum atomic E-state index is 6.23. The van der Waals surface area contributed by atoms with E-state index in [-0.39, 0.29) is 24.5 Å². The normalized spacial score (nSPS) is 31.7. The molecule has 7 nitrogen and oxygen atoms in total. The van der Waals surface area contributed by atoms with E-state index in [0.717, 1.165) is 14.6 Å². The number of nitrogens with zero attached hydrogens (tertiary/aromatic N) is 3. The predicted octanol–water partition coefficient (Wildman–Crippen LogP) is 2.75. The second kappa shape index (κ2) is 6.03. The molecule has 0 aromatic carbocycles. The lowest BCUT2D eigenvalue weighted by Crippen LogP contribution is -2.32. The molecule has 2 aromatic heterocycles. The lowest BCUT2D eigenvalue weighted by Gasteiger charge is -2.24. The zero-order valence-electron chi connectivity index (χ0n) is 13.4. The van der Waals surface area contributed by atoms with Gasteiger partial charge >= 0.3 is 0 Å². The Morgan fingerprint density at radius 3 is 2.83 bits per heavy atom. The summed E-state index contributed by atoms with van der Waals surface area (Å²) in [5.41, 5.74) is 0.717. The van der Waals surface area contributed by atoms with Crippen molar-refractivity contribution in [2.45, 2.75) is 44.2 Å². The third kappa shape index (κ3) is 2.63. The first-order chi connectivity index (χ1) is 11.4. The van der Waals surface area contributed by atoms with Gasteiger partial charge in [-0.2, -0.15) is 0 Å². The van der Waals surface area contributed by atoms with Crippen molar-refractivity contribution in [1.29, 1.82) is 0 Å². The van der Waals surface area contributed by atoms with Gasteiger partial charge in [0, 0.05) is 16.9 Å². The van der Waals surface area contributed by atoms with E-state index in [0.29, 0.717) is 11.8 Å². The molecule has 0 aliphatic carbocycles. The number of hydrogen-bond donors (Lipinski definition) is 0. The van der Waals surface area contributed by atoms with Crippen molar-refractivity contribution < 1.29 is 18.9 Å². The molecule has 0 unspecified atom stereocenters. The molecule has 2 aromatic rings. The monoisotopic (exact) mass is 465 g/mol. The maximum Gasteiger partial charge on any atom is 0.164 e. The zero-order chi connectivity index (χ0) is 17.1. The largest absolute Gasteiger partial charge is 0.382 e. The second-order valence-electron chi connectivity index (χ2n) is 6.33. The summed E-state index contributed by atoms with van der Waals surface area (Å²) in [6, 6.07) is 0. The number of halogens is 2. The van der Waals surface area contributed by atoms with Crippen LogP contribution in [0, 0.1) is 3.57 Å². The van der Waals surface area contributed by atoms with Crippen LogP contribution in [-0.2, 0) is 18.9 Å². The Hall–Kier alpha value is -0.520. The molecule has 4 heterocycles. The molecule has 0 N–H and O–H groups in total. The molecule has 0 amide bonds. The average molecular weight is 466 g/mol. The van der Waals surface area contributed by atoms with Crippen LogP contribution in [0.15, 0.2) is 12.5 Å². The van der Waals surface area contributed by atoms with Crippen LogP contribution >= 0.6 is 34.2 Å². The van der Waals surface area contributed by atoms with Gasteiger partial charge in [0.15, 0.2) is 12.0 Å². The van der Waals surface area contributed by atoms with Crippen molar-refractivity contribution in [3.63, 3.8) is 0 Å². The second-order valence-corrected chi connectivity index (χ2v) is 7.85. The third-order valence-corrected chi connectivity index (χ3v) is 5.35. The zero-order valence-corrected chi connectivity index (χ0v) is 16.3. The standard InChI is InChI=1S/C15H17ClIN3O4/c1-15(2)23-10-8(5-21-3)22-14(11(10)24-15)20-4-7(17)9-12(16)18-6-19-13(9)20/h4,6,8,10-11,14H,5H2,1-3H3/t8-,10+,11+,14+/m0/s1. The summed E-state index contributed by atoms with van der Waals surface area (Å²) in [6.07, 6.45) is 2.38. The van der Waals surface area contributed by atoms with E-state index < -0.39 is 5.79 Å². The molecule has 2 fully saturated rings. The molecule has 2 saturated heterocycles. The lowest BCUT2D eigenvalue weighted by atomic mass is 10.1. The minimum Gasteiger partial charge on any atom is -0.382 e. The van der Waals surface area contributed by atoms with E-state index in [1.807, 2.05) is 24.6 Å². The average Bonchev–Trinajstić information content (AvgIpc) is 3.11. The van der Waals surface area contributed by atoms with E-state index in [1.165, 1.54) is 6.33 Å². The summed E-state index contributed by atoms with van der Waals surface area (Å²) in [7, 11) is 1.65.